The number of thiocarbonyl (C=S) groups is 1. The highest BCUT2D eigenvalue weighted by molar-refractivity contribution is 7.80. The van der Waals surface area contributed by atoms with Crippen molar-refractivity contribution in [2.75, 3.05) is 18.0 Å². The Balaban J connectivity index is 2.40. The zero-order valence-electron chi connectivity index (χ0n) is 9.74. The summed E-state index contributed by atoms with van der Waals surface area (Å²) in [4.78, 5) is 15.3. The van der Waals surface area contributed by atoms with Gasteiger partial charge in [-0.2, -0.15) is 0 Å². The van der Waals surface area contributed by atoms with Crippen LogP contribution in [-0.2, 0) is 4.79 Å². The van der Waals surface area contributed by atoms with E-state index in [1.807, 2.05) is 36.9 Å². The Kier molecular flexibility index (Phi) is 3.35. The summed E-state index contributed by atoms with van der Waals surface area (Å²) in [7, 11) is 0. The van der Waals surface area contributed by atoms with Gasteiger partial charge in [-0.15, -0.1) is 0 Å². The molecule has 1 aromatic carbocycles. The van der Waals surface area contributed by atoms with E-state index in [1.54, 1.807) is 0 Å². The van der Waals surface area contributed by atoms with Crippen LogP contribution in [0.2, 0.25) is 5.02 Å². The number of nitrogens with zero attached hydrogens (tertiary/aromatic N) is 2. The van der Waals surface area contributed by atoms with E-state index >= 15 is 0 Å². The van der Waals surface area contributed by atoms with E-state index in [0.29, 0.717) is 22.4 Å². The third-order valence-electron chi connectivity index (χ3n) is 2.76. The van der Waals surface area contributed by atoms with Crippen LogP contribution in [0.4, 0.5) is 5.69 Å². The van der Waals surface area contributed by atoms with E-state index < -0.39 is 0 Å². The van der Waals surface area contributed by atoms with Crippen molar-refractivity contribution >= 4 is 40.5 Å². The van der Waals surface area contributed by atoms with Gasteiger partial charge in [0.1, 0.15) is 0 Å². The van der Waals surface area contributed by atoms with Gasteiger partial charge in [-0.25, -0.2) is 0 Å². The van der Waals surface area contributed by atoms with Crippen LogP contribution in [0.5, 0.6) is 0 Å². The van der Waals surface area contributed by atoms with E-state index in [-0.39, 0.29) is 5.91 Å². The van der Waals surface area contributed by atoms with Crippen molar-refractivity contribution in [3.63, 3.8) is 0 Å². The smallest absolute Gasteiger partial charge is 0.252 e. The Bertz CT molecular complexity index is 489. The first kappa shape index (κ1) is 12.3. The molecule has 0 atom stereocenters. The first-order chi connectivity index (χ1) is 8.04. The van der Waals surface area contributed by atoms with Gasteiger partial charge in [0.05, 0.1) is 17.3 Å². The van der Waals surface area contributed by atoms with E-state index in [0.717, 1.165) is 12.1 Å². The molecule has 0 aliphatic carbocycles. The van der Waals surface area contributed by atoms with Crippen LogP contribution in [0, 0.1) is 6.92 Å². The van der Waals surface area contributed by atoms with Gasteiger partial charge in [0.25, 0.3) is 5.91 Å². The molecule has 90 valence electrons. The average molecular weight is 269 g/mol. The summed E-state index contributed by atoms with van der Waals surface area (Å²) in [5, 5.41) is 1.09. The zero-order valence-corrected chi connectivity index (χ0v) is 11.3. The van der Waals surface area contributed by atoms with Gasteiger partial charge >= 0.3 is 0 Å². The van der Waals surface area contributed by atoms with Crippen LogP contribution in [0.15, 0.2) is 18.2 Å². The summed E-state index contributed by atoms with van der Waals surface area (Å²) < 4.78 is 0. The van der Waals surface area contributed by atoms with Crippen molar-refractivity contribution in [2.24, 2.45) is 0 Å². The normalized spacial score (nSPS) is 15.9. The standard InChI is InChI=1S/C12H13ClN2OS/c1-3-14-7-11(16)15(12(14)17)10-5-4-8(2)6-9(10)13/h4-6H,3,7H2,1-2H3. The molecule has 1 saturated heterocycles. The summed E-state index contributed by atoms with van der Waals surface area (Å²) >= 11 is 11.4. The molecule has 2 rings (SSSR count). The van der Waals surface area contributed by atoms with Crippen LogP contribution < -0.4 is 4.90 Å². The second-order valence-corrected chi connectivity index (χ2v) is 4.75. The lowest BCUT2D eigenvalue weighted by atomic mass is 10.2. The lowest BCUT2D eigenvalue weighted by Crippen LogP contribution is -2.32. The monoisotopic (exact) mass is 268 g/mol. The average Bonchev–Trinajstić information content (AvgIpc) is 2.55. The van der Waals surface area contributed by atoms with Crippen molar-refractivity contribution in [3.8, 4) is 0 Å². The summed E-state index contributed by atoms with van der Waals surface area (Å²) in [6, 6.07) is 5.59. The number of carbonyl (C=O) groups is 1. The molecule has 1 aromatic rings. The first-order valence-electron chi connectivity index (χ1n) is 5.42. The topological polar surface area (TPSA) is 23.6 Å². The lowest BCUT2D eigenvalue weighted by Gasteiger charge is -2.20. The minimum absolute atomic E-state index is 0.0254. The highest BCUT2D eigenvalue weighted by Crippen LogP contribution is 2.30. The quantitative estimate of drug-likeness (QED) is 0.771. The molecule has 0 saturated carbocycles. The molecule has 5 heteroatoms. The van der Waals surface area contributed by atoms with Crippen molar-refractivity contribution < 1.29 is 4.79 Å². The van der Waals surface area contributed by atoms with Gasteiger partial charge in [-0.3, -0.25) is 9.69 Å². The number of carbonyl (C=O) groups excluding carboxylic acids is 1. The van der Waals surface area contributed by atoms with Crippen molar-refractivity contribution in [1.29, 1.82) is 0 Å². The molecule has 1 aliphatic heterocycles. The van der Waals surface area contributed by atoms with Gasteiger partial charge < -0.3 is 4.90 Å². The Morgan fingerprint density at radius 2 is 2.18 bits per heavy atom. The Hall–Kier alpha value is -1.13. The van der Waals surface area contributed by atoms with Gasteiger partial charge in [-0.05, 0) is 43.8 Å². The predicted molar refractivity (Wildman–Crippen MR) is 73.5 cm³/mol. The third kappa shape index (κ3) is 2.15. The van der Waals surface area contributed by atoms with E-state index in [4.69, 9.17) is 23.8 Å². The lowest BCUT2D eigenvalue weighted by molar-refractivity contribution is -0.116. The second-order valence-electron chi connectivity index (χ2n) is 3.98. The van der Waals surface area contributed by atoms with E-state index in [2.05, 4.69) is 0 Å². The van der Waals surface area contributed by atoms with Gasteiger partial charge in [0.15, 0.2) is 5.11 Å². The summed E-state index contributed by atoms with van der Waals surface area (Å²) in [5.74, 6) is -0.0254. The largest absolute Gasteiger partial charge is 0.339 e. The zero-order chi connectivity index (χ0) is 12.6. The maximum Gasteiger partial charge on any atom is 0.252 e. The molecule has 17 heavy (non-hydrogen) atoms. The summed E-state index contributed by atoms with van der Waals surface area (Å²) in [6.45, 7) is 4.99. The molecule has 3 nitrogen and oxygen atoms in total. The van der Waals surface area contributed by atoms with Crippen molar-refractivity contribution in [1.82, 2.24) is 4.90 Å². The molecule has 0 N–H and O–H groups in total. The molecule has 1 heterocycles. The number of anilines is 1. The molecular formula is C12H13ClN2OS. The van der Waals surface area contributed by atoms with E-state index in [9.17, 15) is 4.79 Å². The van der Waals surface area contributed by atoms with Crippen LogP contribution in [-0.4, -0.2) is 29.0 Å². The SMILES string of the molecule is CCN1CC(=O)N(c2ccc(C)cc2Cl)C1=S. The highest BCUT2D eigenvalue weighted by Gasteiger charge is 2.33. The van der Waals surface area contributed by atoms with Crippen molar-refractivity contribution in [3.05, 3.63) is 28.8 Å². The number of hydrogen-bond acceptors (Lipinski definition) is 2. The number of hydrogen-bond donors (Lipinski definition) is 0. The van der Waals surface area contributed by atoms with Gasteiger partial charge in [0.2, 0.25) is 0 Å². The molecule has 0 aromatic heterocycles. The number of amides is 1. The number of benzene rings is 1. The molecule has 0 unspecified atom stereocenters. The molecule has 0 bridgehead atoms. The molecule has 1 aliphatic rings. The fourth-order valence-corrected chi connectivity index (χ4v) is 2.54. The molecule has 1 amide bonds. The number of aryl methyl sites for hydroxylation is 1. The maximum atomic E-state index is 11.9. The maximum absolute atomic E-state index is 11.9. The Labute approximate surface area is 111 Å². The number of halogens is 1. The van der Waals surface area contributed by atoms with Crippen molar-refractivity contribution in [2.45, 2.75) is 13.8 Å². The van der Waals surface area contributed by atoms with Crippen LogP contribution >= 0.6 is 23.8 Å². The molecule has 1 fully saturated rings. The van der Waals surface area contributed by atoms with Gasteiger partial charge in [-0.1, -0.05) is 17.7 Å². The molecular weight excluding hydrogens is 256 g/mol. The molecule has 0 spiro atoms. The number of rotatable bonds is 2. The Morgan fingerprint density at radius 1 is 1.47 bits per heavy atom. The second kappa shape index (κ2) is 4.63. The van der Waals surface area contributed by atoms with Crippen LogP contribution in [0.3, 0.4) is 0 Å². The van der Waals surface area contributed by atoms with Gasteiger partial charge in [0, 0.05) is 6.54 Å². The fraction of sp³-hybridized carbons (Fsp3) is 0.333. The van der Waals surface area contributed by atoms with Crippen LogP contribution in [0.25, 0.3) is 0 Å². The Morgan fingerprint density at radius 3 is 2.71 bits per heavy atom. The third-order valence-corrected chi connectivity index (χ3v) is 3.51. The minimum Gasteiger partial charge on any atom is -0.339 e. The van der Waals surface area contributed by atoms with E-state index in [1.165, 1.54) is 4.90 Å². The highest BCUT2D eigenvalue weighted by atomic mass is 35.5. The fourth-order valence-electron chi connectivity index (χ4n) is 1.83. The van der Waals surface area contributed by atoms with Crippen LogP contribution in [0.1, 0.15) is 12.5 Å². The first-order valence-corrected chi connectivity index (χ1v) is 6.21. The minimum atomic E-state index is -0.0254. The molecule has 0 radical (unpaired) electrons. The predicted octanol–water partition coefficient (Wildman–Crippen LogP) is 2.60. The summed E-state index contributed by atoms with van der Waals surface area (Å²) in [6.07, 6.45) is 0. The summed E-state index contributed by atoms with van der Waals surface area (Å²) in [5.41, 5.74) is 1.73. The number of likely N-dealkylation sites (N-methyl/N-ethyl adjacent to an activating group) is 1.